The molecule has 0 spiro atoms. The van der Waals surface area contributed by atoms with Gasteiger partial charge in [0.25, 0.3) is 0 Å². The maximum absolute atomic E-state index is 9.98. The standard InChI is InChI=1S/C15H28N2O/c1-3-4-5-6-7-8-9-10-11-14(18)15-16-12-13-17(15)2/h12-14,18H,3-11H2,1-2H3. The van der Waals surface area contributed by atoms with Gasteiger partial charge in [-0.2, -0.15) is 0 Å². The van der Waals surface area contributed by atoms with Gasteiger partial charge in [0.05, 0.1) is 0 Å². The van der Waals surface area contributed by atoms with Crippen LogP contribution in [0.4, 0.5) is 0 Å². The maximum Gasteiger partial charge on any atom is 0.137 e. The fraction of sp³-hybridized carbons (Fsp3) is 0.800. The number of aliphatic hydroxyl groups is 1. The monoisotopic (exact) mass is 252 g/mol. The molecule has 3 nitrogen and oxygen atoms in total. The van der Waals surface area contributed by atoms with Gasteiger partial charge in [-0.3, -0.25) is 0 Å². The summed E-state index contributed by atoms with van der Waals surface area (Å²) in [6, 6.07) is 0. The smallest absolute Gasteiger partial charge is 0.137 e. The van der Waals surface area contributed by atoms with Crippen LogP contribution in [-0.4, -0.2) is 14.7 Å². The second kappa shape index (κ2) is 9.15. The van der Waals surface area contributed by atoms with Gasteiger partial charge in [0.1, 0.15) is 11.9 Å². The zero-order valence-corrected chi connectivity index (χ0v) is 11.9. The average molecular weight is 252 g/mol. The Kier molecular flexibility index (Phi) is 7.74. The molecular weight excluding hydrogens is 224 g/mol. The van der Waals surface area contributed by atoms with Crippen molar-refractivity contribution >= 4 is 0 Å². The molecule has 0 aromatic carbocycles. The minimum absolute atomic E-state index is 0.398. The molecule has 1 rings (SSSR count). The van der Waals surface area contributed by atoms with E-state index in [9.17, 15) is 5.11 Å². The molecule has 104 valence electrons. The van der Waals surface area contributed by atoms with Gasteiger partial charge in [0.15, 0.2) is 0 Å². The molecular formula is C15H28N2O. The predicted octanol–water partition coefficient (Wildman–Crippen LogP) is 3.98. The first kappa shape index (κ1) is 15.2. The van der Waals surface area contributed by atoms with Gasteiger partial charge in [0.2, 0.25) is 0 Å². The van der Waals surface area contributed by atoms with Crippen molar-refractivity contribution in [2.75, 3.05) is 0 Å². The van der Waals surface area contributed by atoms with E-state index in [1.165, 1.54) is 44.9 Å². The number of rotatable bonds is 10. The number of aliphatic hydroxyl groups excluding tert-OH is 1. The highest BCUT2D eigenvalue weighted by molar-refractivity contribution is 4.95. The van der Waals surface area contributed by atoms with E-state index in [1.54, 1.807) is 6.20 Å². The molecule has 3 heteroatoms. The van der Waals surface area contributed by atoms with Crippen LogP contribution in [0.3, 0.4) is 0 Å². The van der Waals surface area contributed by atoms with Gasteiger partial charge < -0.3 is 9.67 Å². The zero-order valence-electron chi connectivity index (χ0n) is 11.9. The van der Waals surface area contributed by atoms with Crippen LogP contribution in [0.15, 0.2) is 12.4 Å². The molecule has 1 N–H and O–H groups in total. The number of nitrogens with zero attached hydrogens (tertiary/aromatic N) is 2. The van der Waals surface area contributed by atoms with E-state index in [4.69, 9.17) is 0 Å². The van der Waals surface area contributed by atoms with Crippen LogP contribution >= 0.6 is 0 Å². The van der Waals surface area contributed by atoms with Crippen LogP contribution in [0.1, 0.15) is 76.6 Å². The van der Waals surface area contributed by atoms with Crippen molar-refractivity contribution in [2.24, 2.45) is 7.05 Å². The van der Waals surface area contributed by atoms with Gasteiger partial charge in [-0.25, -0.2) is 4.98 Å². The summed E-state index contributed by atoms with van der Waals surface area (Å²) in [5.74, 6) is 0.790. The first-order chi connectivity index (χ1) is 8.75. The van der Waals surface area contributed by atoms with E-state index in [1.807, 2.05) is 17.8 Å². The molecule has 1 heterocycles. The second-order valence-corrected chi connectivity index (χ2v) is 5.18. The first-order valence-corrected chi connectivity index (χ1v) is 7.41. The Bertz CT molecular complexity index is 309. The van der Waals surface area contributed by atoms with Crippen molar-refractivity contribution in [1.29, 1.82) is 0 Å². The summed E-state index contributed by atoms with van der Waals surface area (Å²) in [4.78, 5) is 4.18. The molecule has 1 aromatic heterocycles. The lowest BCUT2D eigenvalue weighted by atomic mass is 10.1. The third-order valence-corrected chi connectivity index (χ3v) is 3.49. The Balaban J connectivity index is 1.99. The lowest BCUT2D eigenvalue weighted by Crippen LogP contribution is -2.05. The third kappa shape index (κ3) is 5.67. The van der Waals surface area contributed by atoms with Gasteiger partial charge in [-0.1, -0.05) is 58.3 Å². The number of unbranched alkanes of at least 4 members (excludes halogenated alkanes) is 7. The van der Waals surface area contributed by atoms with E-state index in [-0.39, 0.29) is 0 Å². The molecule has 1 unspecified atom stereocenters. The average Bonchev–Trinajstić information content (AvgIpc) is 2.79. The summed E-state index contributed by atoms with van der Waals surface area (Å²) in [7, 11) is 1.93. The summed E-state index contributed by atoms with van der Waals surface area (Å²) in [6.45, 7) is 2.25. The normalized spacial score (nSPS) is 12.8. The molecule has 0 radical (unpaired) electrons. The molecule has 0 aliphatic carbocycles. The Morgan fingerprint density at radius 1 is 1.11 bits per heavy atom. The highest BCUT2D eigenvalue weighted by Crippen LogP contribution is 2.18. The van der Waals surface area contributed by atoms with E-state index in [0.29, 0.717) is 0 Å². The van der Waals surface area contributed by atoms with Crippen molar-refractivity contribution in [1.82, 2.24) is 9.55 Å². The highest BCUT2D eigenvalue weighted by atomic mass is 16.3. The summed E-state index contributed by atoms with van der Waals surface area (Å²) < 4.78 is 1.90. The van der Waals surface area contributed by atoms with Crippen LogP contribution < -0.4 is 0 Å². The minimum atomic E-state index is -0.398. The van der Waals surface area contributed by atoms with Crippen LogP contribution in [-0.2, 0) is 7.05 Å². The number of hydrogen-bond acceptors (Lipinski definition) is 2. The molecule has 0 aliphatic heterocycles. The second-order valence-electron chi connectivity index (χ2n) is 5.18. The number of aryl methyl sites for hydroxylation is 1. The van der Waals surface area contributed by atoms with E-state index in [0.717, 1.165) is 18.7 Å². The van der Waals surface area contributed by atoms with Crippen molar-refractivity contribution in [2.45, 2.75) is 70.8 Å². The first-order valence-electron chi connectivity index (χ1n) is 7.41. The summed E-state index contributed by atoms with van der Waals surface area (Å²) in [6.07, 6.45) is 14.5. The van der Waals surface area contributed by atoms with Gasteiger partial charge in [-0.15, -0.1) is 0 Å². The Hall–Kier alpha value is -0.830. The van der Waals surface area contributed by atoms with Crippen molar-refractivity contribution in [3.8, 4) is 0 Å². The topological polar surface area (TPSA) is 38.1 Å². The van der Waals surface area contributed by atoms with Gasteiger partial charge in [-0.05, 0) is 6.42 Å². The largest absolute Gasteiger partial charge is 0.385 e. The summed E-state index contributed by atoms with van der Waals surface area (Å²) >= 11 is 0. The van der Waals surface area contributed by atoms with E-state index in [2.05, 4.69) is 11.9 Å². The van der Waals surface area contributed by atoms with E-state index < -0.39 is 6.10 Å². The van der Waals surface area contributed by atoms with Crippen LogP contribution in [0.2, 0.25) is 0 Å². The quantitative estimate of drug-likeness (QED) is 0.639. The van der Waals surface area contributed by atoms with Gasteiger partial charge in [0, 0.05) is 19.4 Å². The third-order valence-electron chi connectivity index (χ3n) is 3.49. The number of imidazole rings is 1. The molecule has 0 saturated carbocycles. The van der Waals surface area contributed by atoms with Crippen LogP contribution in [0, 0.1) is 0 Å². The molecule has 0 aliphatic rings. The van der Waals surface area contributed by atoms with Crippen molar-refractivity contribution in [3.05, 3.63) is 18.2 Å². The SMILES string of the molecule is CCCCCCCCCCC(O)c1nccn1C. The Morgan fingerprint density at radius 2 is 1.72 bits per heavy atom. The van der Waals surface area contributed by atoms with Crippen molar-refractivity contribution < 1.29 is 5.11 Å². The molecule has 1 aromatic rings. The van der Waals surface area contributed by atoms with Gasteiger partial charge >= 0.3 is 0 Å². The Labute approximate surface area is 111 Å². The zero-order chi connectivity index (χ0) is 13.2. The molecule has 1 atom stereocenters. The van der Waals surface area contributed by atoms with Crippen LogP contribution in [0.5, 0.6) is 0 Å². The fourth-order valence-electron chi connectivity index (χ4n) is 2.30. The summed E-state index contributed by atoms with van der Waals surface area (Å²) in [5, 5.41) is 9.98. The maximum atomic E-state index is 9.98. The Morgan fingerprint density at radius 3 is 2.28 bits per heavy atom. The summed E-state index contributed by atoms with van der Waals surface area (Å²) in [5.41, 5.74) is 0. The lowest BCUT2D eigenvalue weighted by molar-refractivity contribution is 0.150. The molecule has 0 amide bonds. The number of aromatic nitrogens is 2. The van der Waals surface area contributed by atoms with E-state index >= 15 is 0 Å². The lowest BCUT2D eigenvalue weighted by Gasteiger charge is -2.10. The number of hydrogen-bond donors (Lipinski definition) is 1. The highest BCUT2D eigenvalue weighted by Gasteiger charge is 2.11. The molecule has 0 bridgehead atoms. The molecule has 0 saturated heterocycles. The molecule has 18 heavy (non-hydrogen) atoms. The predicted molar refractivity (Wildman–Crippen MR) is 75.4 cm³/mol. The van der Waals surface area contributed by atoms with Crippen molar-refractivity contribution in [3.63, 3.8) is 0 Å². The fourth-order valence-corrected chi connectivity index (χ4v) is 2.30. The molecule has 0 fully saturated rings. The minimum Gasteiger partial charge on any atom is -0.385 e. The van der Waals surface area contributed by atoms with Crippen LogP contribution in [0.25, 0.3) is 0 Å².